The number of aromatic nitrogens is 2. The Bertz CT molecular complexity index is 500. The Morgan fingerprint density at radius 3 is 2.50 bits per heavy atom. The molecular weight excluding hydrogens is 204 g/mol. The zero-order valence-electron chi connectivity index (χ0n) is 9.23. The first kappa shape index (κ1) is 10.5. The first-order valence-electron chi connectivity index (χ1n) is 5.04. The number of nitrogens with zero attached hydrogens (tertiary/aromatic N) is 2. The van der Waals surface area contributed by atoms with Crippen molar-refractivity contribution >= 4 is 5.78 Å². The van der Waals surface area contributed by atoms with Crippen molar-refractivity contribution in [2.75, 3.05) is 0 Å². The summed E-state index contributed by atoms with van der Waals surface area (Å²) < 4.78 is 4.81. The summed E-state index contributed by atoms with van der Waals surface area (Å²) in [5, 5.41) is 3.69. The van der Waals surface area contributed by atoms with E-state index in [0.717, 1.165) is 5.56 Å². The standard InChI is InChI=1S/C12H12N2O2/c1-8-3-5-10(6-4-8)11(15)7-12-13-9(2)16-14-12/h3-6H,7H2,1-2H3. The fourth-order valence-electron chi connectivity index (χ4n) is 1.40. The van der Waals surface area contributed by atoms with Crippen LogP contribution < -0.4 is 0 Å². The minimum absolute atomic E-state index is 0.000741. The van der Waals surface area contributed by atoms with E-state index < -0.39 is 0 Å². The number of ketones is 1. The molecule has 82 valence electrons. The third kappa shape index (κ3) is 2.34. The number of Topliss-reactive ketones (excluding diaryl/α,β-unsaturated/α-hetero) is 1. The summed E-state index contributed by atoms with van der Waals surface area (Å²) in [6.07, 6.45) is 0.181. The summed E-state index contributed by atoms with van der Waals surface area (Å²) in [7, 11) is 0. The second-order valence-corrected chi connectivity index (χ2v) is 3.70. The molecule has 0 saturated heterocycles. The minimum atomic E-state index is 0.000741. The average molecular weight is 216 g/mol. The summed E-state index contributed by atoms with van der Waals surface area (Å²) in [5.74, 6) is 0.913. The Labute approximate surface area is 93.3 Å². The van der Waals surface area contributed by atoms with E-state index in [9.17, 15) is 4.79 Å². The summed E-state index contributed by atoms with van der Waals surface area (Å²) in [6, 6.07) is 7.44. The van der Waals surface area contributed by atoms with E-state index >= 15 is 0 Å². The maximum absolute atomic E-state index is 11.8. The van der Waals surface area contributed by atoms with Crippen molar-refractivity contribution < 1.29 is 9.32 Å². The molecule has 4 nitrogen and oxygen atoms in total. The van der Waals surface area contributed by atoms with Crippen LogP contribution in [0.15, 0.2) is 28.8 Å². The van der Waals surface area contributed by atoms with E-state index in [1.807, 2.05) is 31.2 Å². The summed E-state index contributed by atoms with van der Waals surface area (Å²) in [6.45, 7) is 3.68. The van der Waals surface area contributed by atoms with Crippen molar-refractivity contribution in [1.29, 1.82) is 0 Å². The lowest BCUT2D eigenvalue weighted by Crippen LogP contribution is -2.04. The van der Waals surface area contributed by atoms with Crippen LogP contribution >= 0.6 is 0 Å². The lowest BCUT2D eigenvalue weighted by Gasteiger charge is -1.98. The van der Waals surface area contributed by atoms with E-state index in [4.69, 9.17) is 4.52 Å². The van der Waals surface area contributed by atoms with Crippen molar-refractivity contribution in [2.24, 2.45) is 0 Å². The number of hydrogen-bond acceptors (Lipinski definition) is 4. The molecule has 0 amide bonds. The van der Waals surface area contributed by atoms with E-state index in [1.54, 1.807) is 6.92 Å². The molecule has 0 radical (unpaired) electrons. The minimum Gasteiger partial charge on any atom is -0.340 e. The van der Waals surface area contributed by atoms with Crippen LogP contribution in [0.5, 0.6) is 0 Å². The van der Waals surface area contributed by atoms with Crippen LogP contribution in [0, 0.1) is 13.8 Å². The summed E-state index contributed by atoms with van der Waals surface area (Å²) >= 11 is 0. The van der Waals surface area contributed by atoms with Gasteiger partial charge >= 0.3 is 0 Å². The fraction of sp³-hybridized carbons (Fsp3) is 0.250. The van der Waals surface area contributed by atoms with Crippen LogP contribution in [-0.2, 0) is 6.42 Å². The van der Waals surface area contributed by atoms with Crippen molar-refractivity contribution in [3.63, 3.8) is 0 Å². The quantitative estimate of drug-likeness (QED) is 0.737. The van der Waals surface area contributed by atoms with Gasteiger partial charge in [-0.2, -0.15) is 4.98 Å². The van der Waals surface area contributed by atoms with E-state index in [-0.39, 0.29) is 12.2 Å². The molecule has 2 aromatic rings. The molecule has 0 atom stereocenters. The number of hydrogen-bond donors (Lipinski definition) is 0. The van der Waals surface area contributed by atoms with Crippen LogP contribution in [0.25, 0.3) is 0 Å². The van der Waals surface area contributed by atoms with E-state index in [1.165, 1.54) is 0 Å². The highest BCUT2D eigenvalue weighted by Crippen LogP contribution is 2.07. The number of carbonyl (C=O) groups is 1. The Balaban J connectivity index is 2.11. The van der Waals surface area contributed by atoms with Crippen molar-refractivity contribution in [2.45, 2.75) is 20.3 Å². The van der Waals surface area contributed by atoms with Gasteiger partial charge in [0.2, 0.25) is 5.89 Å². The van der Waals surface area contributed by atoms with Crippen LogP contribution in [0.3, 0.4) is 0 Å². The molecule has 16 heavy (non-hydrogen) atoms. The number of rotatable bonds is 3. The molecule has 0 spiro atoms. The molecule has 0 saturated carbocycles. The third-order valence-corrected chi connectivity index (χ3v) is 2.26. The van der Waals surface area contributed by atoms with Gasteiger partial charge in [0.1, 0.15) is 0 Å². The second kappa shape index (κ2) is 4.26. The zero-order chi connectivity index (χ0) is 11.5. The van der Waals surface area contributed by atoms with Crippen LogP contribution in [-0.4, -0.2) is 15.9 Å². The Morgan fingerprint density at radius 2 is 1.94 bits per heavy atom. The smallest absolute Gasteiger partial charge is 0.223 e. The van der Waals surface area contributed by atoms with Crippen LogP contribution in [0.2, 0.25) is 0 Å². The highest BCUT2D eigenvalue weighted by atomic mass is 16.5. The molecule has 2 rings (SSSR count). The van der Waals surface area contributed by atoms with Gasteiger partial charge in [-0.05, 0) is 6.92 Å². The van der Waals surface area contributed by atoms with Gasteiger partial charge in [-0.3, -0.25) is 4.79 Å². The number of carbonyl (C=O) groups excluding carboxylic acids is 1. The van der Waals surface area contributed by atoms with E-state index in [2.05, 4.69) is 10.1 Å². The van der Waals surface area contributed by atoms with Crippen molar-refractivity contribution in [1.82, 2.24) is 10.1 Å². The molecule has 0 N–H and O–H groups in total. The SMILES string of the molecule is Cc1ccc(C(=O)Cc2noc(C)n2)cc1. The van der Waals surface area contributed by atoms with E-state index in [0.29, 0.717) is 17.3 Å². The van der Waals surface area contributed by atoms with Gasteiger partial charge in [0.25, 0.3) is 0 Å². The third-order valence-electron chi connectivity index (χ3n) is 2.26. The fourth-order valence-corrected chi connectivity index (χ4v) is 1.40. The van der Waals surface area contributed by atoms with Gasteiger partial charge in [0.05, 0.1) is 6.42 Å². The lowest BCUT2D eigenvalue weighted by molar-refractivity contribution is 0.0990. The Kier molecular flexibility index (Phi) is 2.81. The Morgan fingerprint density at radius 1 is 1.25 bits per heavy atom. The lowest BCUT2D eigenvalue weighted by atomic mass is 10.1. The van der Waals surface area contributed by atoms with Gasteiger partial charge in [0.15, 0.2) is 11.6 Å². The highest BCUT2D eigenvalue weighted by molar-refractivity contribution is 5.97. The van der Waals surface area contributed by atoms with Crippen LogP contribution in [0.1, 0.15) is 27.6 Å². The van der Waals surface area contributed by atoms with Crippen molar-refractivity contribution in [3.8, 4) is 0 Å². The molecule has 1 aromatic carbocycles. The molecule has 0 fully saturated rings. The van der Waals surface area contributed by atoms with Crippen molar-refractivity contribution in [3.05, 3.63) is 47.1 Å². The van der Waals surface area contributed by atoms with Gasteiger partial charge < -0.3 is 4.52 Å². The molecule has 0 bridgehead atoms. The highest BCUT2D eigenvalue weighted by Gasteiger charge is 2.10. The first-order chi connectivity index (χ1) is 7.65. The predicted octanol–water partition coefficient (Wildman–Crippen LogP) is 2.11. The number of aryl methyl sites for hydroxylation is 2. The molecule has 0 aliphatic carbocycles. The number of benzene rings is 1. The largest absolute Gasteiger partial charge is 0.340 e. The van der Waals surface area contributed by atoms with Gasteiger partial charge in [0, 0.05) is 12.5 Å². The molecule has 0 aliphatic rings. The topological polar surface area (TPSA) is 56.0 Å². The summed E-state index contributed by atoms with van der Waals surface area (Å²) in [5.41, 5.74) is 1.81. The van der Waals surface area contributed by atoms with Gasteiger partial charge in [-0.1, -0.05) is 35.0 Å². The van der Waals surface area contributed by atoms with Gasteiger partial charge in [-0.25, -0.2) is 0 Å². The van der Waals surface area contributed by atoms with Gasteiger partial charge in [-0.15, -0.1) is 0 Å². The first-order valence-corrected chi connectivity index (χ1v) is 5.04. The molecule has 4 heteroatoms. The predicted molar refractivity (Wildman–Crippen MR) is 58.2 cm³/mol. The Hall–Kier alpha value is -1.97. The molecule has 0 unspecified atom stereocenters. The molecular formula is C12H12N2O2. The molecule has 0 aliphatic heterocycles. The average Bonchev–Trinajstić information content (AvgIpc) is 2.65. The monoisotopic (exact) mass is 216 g/mol. The maximum atomic E-state index is 11.8. The summed E-state index contributed by atoms with van der Waals surface area (Å²) in [4.78, 5) is 15.8. The second-order valence-electron chi connectivity index (χ2n) is 3.70. The molecule has 1 aromatic heterocycles. The maximum Gasteiger partial charge on any atom is 0.223 e. The normalized spacial score (nSPS) is 10.4. The van der Waals surface area contributed by atoms with Crippen LogP contribution in [0.4, 0.5) is 0 Å². The molecule has 1 heterocycles. The zero-order valence-corrected chi connectivity index (χ0v) is 9.23.